The van der Waals surface area contributed by atoms with Crippen molar-refractivity contribution in [2.45, 2.75) is 77.2 Å². The van der Waals surface area contributed by atoms with Gasteiger partial charge in [-0.1, -0.05) is 51.9 Å². The molecular formula is C14H25NO. The third-order valence-corrected chi connectivity index (χ3v) is 3.94. The molecule has 2 heteroatoms. The van der Waals surface area contributed by atoms with Gasteiger partial charge in [0.25, 0.3) is 0 Å². The van der Waals surface area contributed by atoms with E-state index in [4.69, 9.17) is 0 Å². The SMILES string of the molecule is CCCCCC(O)C1(C#N)CCCCCC1. The highest BCUT2D eigenvalue weighted by Gasteiger charge is 2.37. The van der Waals surface area contributed by atoms with E-state index in [1.807, 2.05) is 0 Å². The van der Waals surface area contributed by atoms with E-state index in [1.165, 1.54) is 25.7 Å². The van der Waals surface area contributed by atoms with Gasteiger partial charge in [0.1, 0.15) is 0 Å². The van der Waals surface area contributed by atoms with E-state index in [2.05, 4.69) is 13.0 Å². The van der Waals surface area contributed by atoms with Crippen molar-refractivity contribution in [2.24, 2.45) is 5.41 Å². The largest absolute Gasteiger partial charge is 0.391 e. The second-order valence-corrected chi connectivity index (χ2v) is 5.19. The van der Waals surface area contributed by atoms with E-state index in [-0.39, 0.29) is 0 Å². The molecule has 0 aliphatic heterocycles. The van der Waals surface area contributed by atoms with Crippen molar-refractivity contribution in [1.82, 2.24) is 0 Å². The molecular weight excluding hydrogens is 198 g/mol. The van der Waals surface area contributed by atoms with Gasteiger partial charge in [0.15, 0.2) is 0 Å². The predicted octanol–water partition coefficient (Wildman–Crippen LogP) is 3.79. The summed E-state index contributed by atoms with van der Waals surface area (Å²) in [6.07, 6.45) is 10.3. The Morgan fingerprint density at radius 1 is 1.19 bits per heavy atom. The molecule has 0 saturated heterocycles. The Bertz CT molecular complexity index is 223. The van der Waals surface area contributed by atoms with E-state index in [0.29, 0.717) is 0 Å². The predicted molar refractivity (Wildman–Crippen MR) is 65.9 cm³/mol. The lowest BCUT2D eigenvalue weighted by molar-refractivity contribution is 0.0434. The fourth-order valence-electron chi connectivity index (χ4n) is 2.74. The van der Waals surface area contributed by atoms with Crippen molar-refractivity contribution in [2.75, 3.05) is 0 Å². The van der Waals surface area contributed by atoms with Gasteiger partial charge in [0, 0.05) is 0 Å². The van der Waals surface area contributed by atoms with Gasteiger partial charge in [-0.15, -0.1) is 0 Å². The minimum Gasteiger partial charge on any atom is -0.391 e. The molecule has 0 amide bonds. The van der Waals surface area contributed by atoms with E-state index < -0.39 is 11.5 Å². The van der Waals surface area contributed by atoms with Crippen molar-refractivity contribution in [3.8, 4) is 6.07 Å². The van der Waals surface area contributed by atoms with Crippen molar-refractivity contribution in [3.63, 3.8) is 0 Å². The van der Waals surface area contributed by atoms with E-state index in [9.17, 15) is 10.4 Å². The van der Waals surface area contributed by atoms with Crippen LogP contribution >= 0.6 is 0 Å². The van der Waals surface area contributed by atoms with Gasteiger partial charge in [-0.25, -0.2) is 0 Å². The third kappa shape index (κ3) is 3.49. The Balaban J connectivity index is 2.52. The molecule has 2 nitrogen and oxygen atoms in total. The summed E-state index contributed by atoms with van der Waals surface area (Å²) in [6, 6.07) is 2.43. The number of rotatable bonds is 5. The molecule has 1 N–H and O–H groups in total. The Labute approximate surface area is 99.7 Å². The summed E-state index contributed by atoms with van der Waals surface area (Å²) in [5.74, 6) is 0. The molecule has 0 radical (unpaired) electrons. The molecule has 1 saturated carbocycles. The number of nitrogens with zero attached hydrogens (tertiary/aromatic N) is 1. The zero-order valence-corrected chi connectivity index (χ0v) is 10.5. The molecule has 92 valence electrons. The van der Waals surface area contributed by atoms with Gasteiger partial charge in [0.05, 0.1) is 17.6 Å². The molecule has 0 aromatic rings. The number of aliphatic hydroxyl groups excluding tert-OH is 1. The monoisotopic (exact) mass is 223 g/mol. The Morgan fingerprint density at radius 3 is 2.31 bits per heavy atom. The normalized spacial score (nSPS) is 22.1. The van der Waals surface area contributed by atoms with Crippen LogP contribution in [0, 0.1) is 16.7 Å². The molecule has 0 spiro atoms. The summed E-state index contributed by atoms with van der Waals surface area (Å²) in [5, 5.41) is 19.6. The average Bonchev–Trinajstić information content (AvgIpc) is 2.55. The minimum absolute atomic E-state index is 0.401. The lowest BCUT2D eigenvalue weighted by Crippen LogP contribution is -2.33. The zero-order valence-electron chi connectivity index (χ0n) is 10.5. The summed E-state index contributed by atoms with van der Waals surface area (Å²) in [7, 11) is 0. The number of nitriles is 1. The van der Waals surface area contributed by atoms with Crippen molar-refractivity contribution in [1.29, 1.82) is 5.26 Å². The molecule has 1 atom stereocenters. The first-order chi connectivity index (χ1) is 7.75. The van der Waals surface area contributed by atoms with Crippen molar-refractivity contribution >= 4 is 0 Å². The molecule has 0 heterocycles. The average molecular weight is 223 g/mol. The zero-order chi connectivity index (χ0) is 11.9. The van der Waals surface area contributed by atoms with Crippen LogP contribution in [0.5, 0.6) is 0 Å². The Kier molecular flexibility index (Phi) is 5.84. The topological polar surface area (TPSA) is 44.0 Å². The number of hydrogen-bond donors (Lipinski definition) is 1. The van der Waals surface area contributed by atoms with Crippen LogP contribution in [-0.2, 0) is 0 Å². The molecule has 16 heavy (non-hydrogen) atoms. The fraction of sp³-hybridized carbons (Fsp3) is 0.929. The lowest BCUT2D eigenvalue weighted by Gasteiger charge is -2.30. The molecule has 0 aromatic heterocycles. The van der Waals surface area contributed by atoms with Crippen LogP contribution in [0.2, 0.25) is 0 Å². The van der Waals surface area contributed by atoms with Crippen LogP contribution in [0.3, 0.4) is 0 Å². The van der Waals surface area contributed by atoms with Crippen LogP contribution in [0.25, 0.3) is 0 Å². The highest BCUT2D eigenvalue weighted by Crippen LogP contribution is 2.39. The van der Waals surface area contributed by atoms with E-state index >= 15 is 0 Å². The molecule has 1 rings (SSSR count). The first-order valence-corrected chi connectivity index (χ1v) is 6.84. The standard InChI is InChI=1S/C14H25NO/c1-2-3-6-9-13(16)14(12-15)10-7-4-5-8-11-14/h13,16H,2-11H2,1H3. The van der Waals surface area contributed by atoms with Gasteiger partial charge in [-0.05, 0) is 19.3 Å². The van der Waals surface area contributed by atoms with Gasteiger partial charge in [-0.3, -0.25) is 0 Å². The molecule has 0 bridgehead atoms. The number of hydrogen-bond acceptors (Lipinski definition) is 2. The maximum absolute atomic E-state index is 10.3. The fourth-order valence-corrected chi connectivity index (χ4v) is 2.74. The summed E-state index contributed by atoms with van der Waals surface area (Å²) in [6.45, 7) is 2.16. The lowest BCUT2D eigenvalue weighted by atomic mass is 9.75. The third-order valence-electron chi connectivity index (χ3n) is 3.94. The van der Waals surface area contributed by atoms with Crippen molar-refractivity contribution in [3.05, 3.63) is 0 Å². The minimum atomic E-state index is -0.426. The first kappa shape index (κ1) is 13.5. The summed E-state index contributed by atoms with van der Waals surface area (Å²) in [5.41, 5.74) is -0.426. The highest BCUT2D eigenvalue weighted by atomic mass is 16.3. The smallest absolute Gasteiger partial charge is 0.0832 e. The van der Waals surface area contributed by atoms with Crippen LogP contribution in [-0.4, -0.2) is 11.2 Å². The number of aliphatic hydroxyl groups is 1. The second kappa shape index (κ2) is 6.91. The molecule has 1 aliphatic carbocycles. The first-order valence-electron chi connectivity index (χ1n) is 6.84. The molecule has 1 unspecified atom stereocenters. The maximum Gasteiger partial charge on any atom is 0.0832 e. The van der Waals surface area contributed by atoms with Gasteiger partial charge < -0.3 is 5.11 Å². The molecule has 1 fully saturated rings. The van der Waals surface area contributed by atoms with Gasteiger partial charge >= 0.3 is 0 Å². The van der Waals surface area contributed by atoms with Crippen LogP contribution in [0.4, 0.5) is 0 Å². The van der Waals surface area contributed by atoms with Gasteiger partial charge in [0.2, 0.25) is 0 Å². The van der Waals surface area contributed by atoms with Crippen molar-refractivity contribution < 1.29 is 5.11 Å². The molecule has 1 aliphatic rings. The van der Waals surface area contributed by atoms with Crippen LogP contribution in [0.1, 0.15) is 71.1 Å². The summed E-state index contributed by atoms with van der Waals surface area (Å²) >= 11 is 0. The van der Waals surface area contributed by atoms with Gasteiger partial charge in [-0.2, -0.15) is 5.26 Å². The van der Waals surface area contributed by atoms with Crippen LogP contribution < -0.4 is 0 Å². The second-order valence-electron chi connectivity index (χ2n) is 5.19. The summed E-state index contributed by atoms with van der Waals surface area (Å²) < 4.78 is 0. The quantitative estimate of drug-likeness (QED) is 0.569. The Morgan fingerprint density at radius 2 is 1.81 bits per heavy atom. The highest BCUT2D eigenvalue weighted by molar-refractivity contribution is 5.04. The summed E-state index contributed by atoms with van der Waals surface area (Å²) in [4.78, 5) is 0. The van der Waals surface area contributed by atoms with E-state index in [0.717, 1.165) is 38.5 Å². The van der Waals surface area contributed by atoms with E-state index in [1.54, 1.807) is 0 Å². The Hall–Kier alpha value is -0.550. The number of unbranched alkanes of at least 4 members (excludes halogenated alkanes) is 2. The maximum atomic E-state index is 10.3. The molecule has 0 aromatic carbocycles. The van der Waals surface area contributed by atoms with Crippen LogP contribution in [0.15, 0.2) is 0 Å².